The van der Waals surface area contributed by atoms with E-state index in [9.17, 15) is 0 Å². The standard InChI is InChI=1S/C19H16N2O2/c1-13-15(10-20)11-21-17-9-19(18(22-2)8-16(13)17)23-12-14-6-4-3-5-7-14/h3-9,11H,12H2,1-2H3. The van der Waals surface area contributed by atoms with Gasteiger partial charge in [-0.15, -0.1) is 0 Å². The minimum atomic E-state index is 0.456. The molecule has 4 heteroatoms. The first-order chi connectivity index (χ1) is 11.2. The van der Waals surface area contributed by atoms with Gasteiger partial charge in [-0.2, -0.15) is 5.26 Å². The van der Waals surface area contributed by atoms with Gasteiger partial charge in [0.05, 0.1) is 18.2 Å². The molecule has 0 aliphatic carbocycles. The summed E-state index contributed by atoms with van der Waals surface area (Å²) in [5.74, 6) is 1.27. The number of hydrogen-bond acceptors (Lipinski definition) is 4. The van der Waals surface area contributed by atoms with E-state index in [-0.39, 0.29) is 0 Å². The molecule has 0 bridgehead atoms. The van der Waals surface area contributed by atoms with Gasteiger partial charge in [0.2, 0.25) is 0 Å². The summed E-state index contributed by atoms with van der Waals surface area (Å²) in [5, 5.41) is 10.0. The summed E-state index contributed by atoms with van der Waals surface area (Å²) in [6.07, 6.45) is 1.59. The summed E-state index contributed by atoms with van der Waals surface area (Å²) in [5.41, 5.74) is 3.33. The molecule has 0 aliphatic heterocycles. The van der Waals surface area contributed by atoms with Crippen molar-refractivity contribution < 1.29 is 9.47 Å². The first kappa shape index (κ1) is 14.9. The molecule has 0 aliphatic rings. The molecule has 1 heterocycles. The van der Waals surface area contributed by atoms with E-state index in [4.69, 9.17) is 14.7 Å². The third-order valence-corrected chi connectivity index (χ3v) is 3.78. The van der Waals surface area contributed by atoms with Crippen LogP contribution in [0.1, 0.15) is 16.7 Å². The minimum absolute atomic E-state index is 0.456. The summed E-state index contributed by atoms with van der Waals surface area (Å²) >= 11 is 0. The smallest absolute Gasteiger partial charge is 0.163 e. The molecule has 2 aromatic carbocycles. The van der Waals surface area contributed by atoms with Crippen molar-refractivity contribution in [2.75, 3.05) is 7.11 Å². The average Bonchev–Trinajstić information content (AvgIpc) is 2.60. The van der Waals surface area contributed by atoms with E-state index in [0.717, 1.165) is 22.0 Å². The van der Waals surface area contributed by atoms with E-state index in [0.29, 0.717) is 23.7 Å². The Bertz CT molecular complexity index is 883. The van der Waals surface area contributed by atoms with Crippen LogP contribution in [0.25, 0.3) is 10.9 Å². The van der Waals surface area contributed by atoms with Crippen molar-refractivity contribution in [2.24, 2.45) is 0 Å². The van der Waals surface area contributed by atoms with Gasteiger partial charge in [-0.25, -0.2) is 0 Å². The maximum atomic E-state index is 9.12. The van der Waals surface area contributed by atoms with Crippen LogP contribution < -0.4 is 9.47 Å². The Morgan fingerprint density at radius 3 is 2.61 bits per heavy atom. The Labute approximate surface area is 134 Å². The van der Waals surface area contributed by atoms with Gasteiger partial charge in [-0.05, 0) is 24.1 Å². The number of nitriles is 1. The van der Waals surface area contributed by atoms with Crippen LogP contribution in [0, 0.1) is 18.3 Å². The molecular weight excluding hydrogens is 288 g/mol. The van der Waals surface area contributed by atoms with Crippen LogP contribution in [0.2, 0.25) is 0 Å². The fourth-order valence-corrected chi connectivity index (χ4v) is 2.45. The number of nitrogens with zero attached hydrogens (tertiary/aromatic N) is 2. The number of rotatable bonds is 4. The van der Waals surface area contributed by atoms with Crippen LogP contribution in [0.5, 0.6) is 11.5 Å². The minimum Gasteiger partial charge on any atom is -0.493 e. The molecule has 0 spiro atoms. The van der Waals surface area contributed by atoms with E-state index in [2.05, 4.69) is 11.1 Å². The number of fused-ring (bicyclic) bond motifs is 1. The van der Waals surface area contributed by atoms with Gasteiger partial charge in [0, 0.05) is 17.6 Å². The average molecular weight is 304 g/mol. The summed E-state index contributed by atoms with van der Waals surface area (Å²) in [7, 11) is 1.60. The number of aromatic nitrogens is 1. The first-order valence-electron chi connectivity index (χ1n) is 7.27. The monoisotopic (exact) mass is 304 g/mol. The predicted octanol–water partition coefficient (Wildman–Crippen LogP) is 4.00. The zero-order valence-corrected chi connectivity index (χ0v) is 13.0. The molecule has 114 valence electrons. The molecule has 0 N–H and O–H groups in total. The molecule has 0 unspecified atom stereocenters. The number of hydrogen-bond donors (Lipinski definition) is 0. The molecular formula is C19H16N2O2. The number of pyridine rings is 1. The molecule has 0 saturated carbocycles. The lowest BCUT2D eigenvalue weighted by atomic mass is 10.1. The van der Waals surface area contributed by atoms with Crippen LogP contribution in [0.15, 0.2) is 48.7 Å². The lowest BCUT2D eigenvalue weighted by Crippen LogP contribution is -1.99. The Hall–Kier alpha value is -3.06. The van der Waals surface area contributed by atoms with E-state index in [1.165, 1.54) is 0 Å². The third kappa shape index (κ3) is 2.95. The molecule has 1 aromatic heterocycles. The summed E-state index contributed by atoms with van der Waals surface area (Å²) in [6.45, 7) is 2.37. The topological polar surface area (TPSA) is 55.1 Å². The third-order valence-electron chi connectivity index (χ3n) is 3.78. The number of ether oxygens (including phenoxy) is 2. The van der Waals surface area contributed by atoms with Crippen LogP contribution in [0.4, 0.5) is 0 Å². The van der Waals surface area contributed by atoms with Gasteiger partial charge in [0.25, 0.3) is 0 Å². The van der Waals surface area contributed by atoms with Crippen LogP contribution in [-0.4, -0.2) is 12.1 Å². The Balaban J connectivity index is 1.99. The lowest BCUT2D eigenvalue weighted by molar-refractivity contribution is 0.285. The highest BCUT2D eigenvalue weighted by atomic mass is 16.5. The van der Waals surface area contributed by atoms with Crippen LogP contribution in [-0.2, 0) is 6.61 Å². The van der Waals surface area contributed by atoms with Crippen molar-refractivity contribution >= 4 is 10.9 Å². The van der Waals surface area contributed by atoms with Crippen LogP contribution in [0.3, 0.4) is 0 Å². The van der Waals surface area contributed by atoms with Crippen molar-refractivity contribution in [2.45, 2.75) is 13.5 Å². The molecule has 3 aromatic rings. The maximum absolute atomic E-state index is 9.12. The van der Waals surface area contributed by atoms with E-state index < -0.39 is 0 Å². The van der Waals surface area contributed by atoms with Crippen LogP contribution >= 0.6 is 0 Å². The summed E-state index contributed by atoms with van der Waals surface area (Å²) < 4.78 is 11.3. The van der Waals surface area contributed by atoms with Gasteiger partial charge < -0.3 is 9.47 Å². The molecule has 0 amide bonds. The van der Waals surface area contributed by atoms with Crippen molar-refractivity contribution in [1.29, 1.82) is 5.26 Å². The second-order valence-electron chi connectivity index (χ2n) is 5.20. The van der Waals surface area contributed by atoms with Crippen molar-refractivity contribution in [3.8, 4) is 17.6 Å². The fourth-order valence-electron chi connectivity index (χ4n) is 2.45. The molecule has 0 atom stereocenters. The first-order valence-corrected chi connectivity index (χ1v) is 7.27. The van der Waals surface area contributed by atoms with Gasteiger partial charge in [0.1, 0.15) is 12.7 Å². The highest BCUT2D eigenvalue weighted by Gasteiger charge is 2.11. The van der Waals surface area contributed by atoms with E-state index in [1.807, 2.05) is 49.4 Å². The van der Waals surface area contributed by atoms with Crippen molar-refractivity contribution in [3.63, 3.8) is 0 Å². The summed E-state index contributed by atoms with van der Waals surface area (Å²) in [4.78, 5) is 4.35. The van der Waals surface area contributed by atoms with Crippen molar-refractivity contribution in [1.82, 2.24) is 4.98 Å². The van der Waals surface area contributed by atoms with E-state index >= 15 is 0 Å². The largest absolute Gasteiger partial charge is 0.493 e. The summed E-state index contributed by atoms with van der Waals surface area (Å²) in [6, 6.07) is 15.8. The quantitative estimate of drug-likeness (QED) is 0.731. The zero-order chi connectivity index (χ0) is 16.2. The SMILES string of the molecule is COc1cc2c(C)c(C#N)cnc2cc1OCc1ccccc1. The molecule has 23 heavy (non-hydrogen) atoms. The zero-order valence-electron chi connectivity index (χ0n) is 13.0. The normalized spacial score (nSPS) is 10.3. The maximum Gasteiger partial charge on any atom is 0.163 e. The predicted molar refractivity (Wildman–Crippen MR) is 88.5 cm³/mol. The number of benzene rings is 2. The highest BCUT2D eigenvalue weighted by Crippen LogP contribution is 2.34. The molecule has 0 fully saturated rings. The molecule has 3 rings (SSSR count). The van der Waals surface area contributed by atoms with Gasteiger partial charge in [-0.1, -0.05) is 30.3 Å². The fraction of sp³-hybridized carbons (Fsp3) is 0.158. The Morgan fingerprint density at radius 1 is 1.13 bits per heavy atom. The van der Waals surface area contributed by atoms with Crippen molar-refractivity contribution in [3.05, 3.63) is 65.4 Å². The molecule has 4 nitrogen and oxygen atoms in total. The highest BCUT2D eigenvalue weighted by molar-refractivity contribution is 5.87. The van der Waals surface area contributed by atoms with Gasteiger partial charge in [0.15, 0.2) is 11.5 Å². The lowest BCUT2D eigenvalue weighted by Gasteiger charge is -2.13. The second-order valence-corrected chi connectivity index (χ2v) is 5.20. The Morgan fingerprint density at radius 2 is 1.91 bits per heavy atom. The Kier molecular flexibility index (Phi) is 4.11. The van der Waals surface area contributed by atoms with Gasteiger partial charge >= 0.3 is 0 Å². The number of aryl methyl sites for hydroxylation is 1. The number of methoxy groups -OCH3 is 1. The molecule has 0 radical (unpaired) electrons. The van der Waals surface area contributed by atoms with Gasteiger partial charge in [-0.3, -0.25) is 4.98 Å². The second kappa shape index (κ2) is 6.37. The molecule has 0 saturated heterocycles. The van der Waals surface area contributed by atoms with E-state index in [1.54, 1.807) is 13.3 Å².